The van der Waals surface area contributed by atoms with Gasteiger partial charge in [0.1, 0.15) is 17.5 Å². The van der Waals surface area contributed by atoms with Crippen LogP contribution in [-0.2, 0) is 14.8 Å². The molecule has 8 nitrogen and oxygen atoms in total. The highest BCUT2D eigenvalue weighted by Gasteiger charge is 2.29. The molecule has 0 spiro atoms. The zero-order valence-corrected chi connectivity index (χ0v) is 16.6. The molecule has 1 unspecified atom stereocenters. The lowest BCUT2D eigenvalue weighted by molar-refractivity contribution is -0.120. The lowest BCUT2D eigenvalue weighted by Gasteiger charge is -2.10. The van der Waals surface area contributed by atoms with Gasteiger partial charge in [-0.2, -0.15) is 0 Å². The zero-order valence-electron chi connectivity index (χ0n) is 14.2. The highest BCUT2D eigenvalue weighted by molar-refractivity contribution is 7.89. The van der Waals surface area contributed by atoms with Crippen LogP contribution in [0.25, 0.3) is 0 Å². The Hall–Kier alpha value is -2.33. The number of hydrogen-bond acceptors (Lipinski definition) is 5. The van der Waals surface area contributed by atoms with Crippen LogP contribution in [0.15, 0.2) is 47.4 Å². The Morgan fingerprint density at radius 3 is 2.21 bits per heavy atom. The predicted molar refractivity (Wildman–Crippen MR) is 103 cm³/mol. The molecule has 148 valence electrons. The Kier molecular flexibility index (Phi) is 6.09. The van der Waals surface area contributed by atoms with E-state index >= 15 is 0 Å². The smallest absolute Gasteiger partial charge is 0.322 e. The van der Waals surface area contributed by atoms with Crippen LogP contribution in [0.4, 0.5) is 4.79 Å². The van der Waals surface area contributed by atoms with Gasteiger partial charge in [0, 0.05) is 16.6 Å². The first-order valence-corrected chi connectivity index (χ1v) is 10.3. The van der Waals surface area contributed by atoms with Gasteiger partial charge in [0.15, 0.2) is 0 Å². The number of hydrogen-bond donors (Lipinski definition) is 3. The number of nitrogens with one attached hydrogen (secondary N) is 3. The van der Waals surface area contributed by atoms with Crippen molar-refractivity contribution in [3.63, 3.8) is 0 Å². The summed E-state index contributed by atoms with van der Waals surface area (Å²) in [7, 11) is -3.78. The van der Waals surface area contributed by atoms with Gasteiger partial charge in [-0.1, -0.05) is 23.2 Å². The predicted octanol–water partition coefficient (Wildman–Crippen LogP) is 2.66. The minimum absolute atomic E-state index is 0.0139. The normalized spacial score (nSPS) is 16.6. The molecule has 0 aliphatic carbocycles. The number of imide groups is 1. The van der Waals surface area contributed by atoms with Crippen molar-refractivity contribution < 1.29 is 22.7 Å². The van der Waals surface area contributed by atoms with Crippen molar-refractivity contribution in [2.24, 2.45) is 0 Å². The van der Waals surface area contributed by atoms with Crippen LogP contribution in [0.1, 0.15) is 6.42 Å². The fourth-order valence-corrected chi connectivity index (χ4v) is 4.05. The number of amides is 3. The minimum atomic E-state index is -3.78. The third-order valence-corrected chi connectivity index (χ3v) is 5.70. The summed E-state index contributed by atoms with van der Waals surface area (Å²) in [4.78, 5) is 22.5. The maximum atomic E-state index is 12.3. The van der Waals surface area contributed by atoms with E-state index < -0.39 is 28.0 Å². The summed E-state index contributed by atoms with van der Waals surface area (Å²) in [5.74, 6) is 0.345. The summed E-state index contributed by atoms with van der Waals surface area (Å²) in [5, 5.41) is 5.31. The SMILES string of the molecule is O=C1NC(=O)C(CCNS(=O)(=O)c2ccc(Oc3cc(Cl)cc(Cl)c3)cc2)N1. The molecule has 0 radical (unpaired) electrons. The lowest BCUT2D eigenvalue weighted by atomic mass is 10.2. The molecule has 2 aromatic carbocycles. The zero-order chi connectivity index (χ0) is 20.3. The van der Waals surface area contributed by atoms with Crippen molar-refractivity contribution in [2.45, 2.75) is 17.4 Å². The van der Waals surface area contributed by atoms with Crippen LogP contribution in [0.3, 0.4) is 0 Å². The molecule has 1 saturated heterocycles. The second-order valence-corrected chi connectivity index (χ2v) is 8.52. The molecule has 0 aromatic heterocycles. The molecule has 3 rings (SSSR count). The molecule has 28 heavy (non-hydrogen) atoms. The van der Waals surface area contributed by atoms with E-state index in [1.54, 1.807) is 18.2 Å². The quantitative estimate of drug-likeness (QED) is 0.569. The van der Waals surface area contributed by atoms with Gasteiger partial charge in [0.2, 0.25) is 10.0 Å². The van der Waals surface area contributed by atoms with E-state index in [0.29, 0.717) is 21.5 Å². The number of sulfonamides is 1. The molecule has 1 aliphatic rings. The molecule has 1 atom stereocenters. The second kappa shape index (κ2) is 8.36. The summed E-state index contributed by atoms with van der Waals surface area (Å²) in [5.41, 5.74) is 0. The molecule has 2 aromatic rings. The van der Waals surface area contributed by atoms with Crippen LogP contribution in [0.5, 0.6) is 11.5 Å². The number of carbonyl (C=O) groups excluding carboxylic acids is 2. The second-order valence-electron chi connectivity index (χ2n) is 5.88. The molecular formula is C17H15Cl2N3O5S. The van der Waals surface area contributed by atoms with Gasteiger partial charge >= 0.3 is 6.03 Å². The molecule has 1 aliphatic heterocycles. The topological polar surface area (TPSA) is 114 Å². The van der Waals surface area contributed by atoms with Crippen LogP contribution in [-0.4, -0.2) is 32.9 Å². The third-order valence-electron chi connectivity index (χ3n) is 3.79. The van der Waals surface area contributed by atoms with Gasteiger partial charge in [0.25, 0.3) is 5.91 Å². The van der Waals surface area contributed by atoms with E-state index in [-0.39, 0.29) is 17.9 Å². The summed E-state index contributed by atoms with van der Waals surface area (Å²) in [6.45, 7) is -0.0139. The lowest BCUT2D eigenvalue weighted by Crippen LogP contribution is -2.34. The van der Waals surface area contributed by atoms with E-state index in [0.717, 1.165) is 0 Å². The number of ether oxygens (including phenoxy) is 1. The first-order valence-electron chi connectivity index (χ1n) is 8.08. The molecule has 3 N–H and O–H groups in total. The Labute approximate surface area is 171 Å². The van der Waals surface area contributed by atoms with Crippen LogP contribution in [0, 0.1) is 0 Å². The number of benzene rings is 2. The standard InChI is InChI=1S/C17H15Cl2N3O5S/c18-10-7-11(19)9-13(8-10)27-12-1-3-14(4-2-12)28(25,26)20-6-5-15-16(23)22-17(24)21-15/h1-4,7-9,15,20H,5-6H2,(H2,21,22,23,24). The molecule has 1 fully saturated rings. The number of urea groups is 1. The van der Waals surface area contributed by atoms with Crippen molar-refractivity contribution in [3.05, 3.63) is 52.5 Å². The molecule has 11 heteroatoms. The van der Waals surface area contributed by atoms with Crippen molar-refractivity contribution in [2.75, 3.05) is 6.54 Å². The maximum Gasteiger partial charge on any atom is 0.322 e. The highest BCUT2D eigenvalue weighted by Crippen LogP contribution is 2.28. The highest BCUT2D eigenvalue weighted by atomic mass is 35.5. The fourth-order valence-electron chi connectivity index (χ4n) is 2.49. The minimum Gasteiger partial charge on any atom is -0.457 e. The fraction of sp³-hybridized carbons (Fsp3) is 0.176. The van der Waals surface area contributed by atoms with E-state index in [1.165, 1.54) is 24.3 Å². The summed E-state index contributed by atoms with van der Waals surface area (Å²) in [6.07, 6.45) is 0.132. The van der Waals surface area contributed by atoms with Gasteiger partial charge in [-0.15, -0.1) is 0 Å². The van der Waals surface area contributed by atoms with Gasteiger partial charge in [-0.05, 0) is 48.9 Å². The molecule has 3 amide bonds. The Morgan fingerprint density at radius 1 is 1.00 bits per heavy atom. The van der Waals surface area contributed by atoms with Gasteiger partial charge in [0.05, 0.1) is 4.90 Å². The largest absolute Gasteiger partial charge is 0.457 e. The van der Waals surface area contributed by atoms with Gasteiger partial charge < -0.3 is 10.1 Å². The van der Waals surface area contributed by atoms with Crippen LogP contribution >= 0.6 is 23.2 Å². The average molecular weight is 444 g/mol. The number of carbonyl (C=O) groups is 2. The summed E-state index contributed by atoms with van der Waals surface area (Å²) < 4.78 is 32.7. The van der Waals surface area contributed by atoms with Crippen molar-refractivity contribution in [3.8, 4) is 11.5 Å². The number of halogens is 2. The van der Waals surface area contributed by atoms with E-state index in [9.17, 15) is 18.0 Å². The van der Waals surface area contributed by atoms with Gasteiger partial charge in [-0.3, -0.25) is 10.1 Å². The maximum absolute atomic E-state index is 12.3. The summed E-state index contributed by atoms with van der Waals surface area (Å²) >= 11 is 11.8. The Bertz CT molecular complexity index is 992. The molecule has 0 bridgehead atoms. The van der Waals surface area contributed by atoms with Crippen molar-refractivity contribution in [1.82, 2.24) is 15.4 Å². The molecular weight excluding hydrogens is 429 g/mol. The first kappa shape index (κ1) is 20.4. The summed E-state index contributed by atoms with van der Waals surface area (Å²) in [6, 6.07) is 9.14. The molecule has 1 heterocycles. The Morgan fingerprint density at radius 2 is 1.64 bits per heavy atom. The van der Waals surface area contributed by atoms with Gasteiger partial charge in [-0.25, -0.2) is 17.9 Å². The van der Waals surface area contributed by atoms with E-state index in [4.69, 9.17) is 27.9 Å². The number of rotatable bonds is 7. The van der Waals surface area contributed by atoms with Crippen LogP contribution in [0.2, 0.25) is 10.0 Å². The first-order chi connectivity index (χ1) is 13.2. The third kappa shape index (κ3) is 5.14. The van der Waals surface area contributed by atoms with Crippen molar-refractivity contribution in [1.29, 1.82) is 0 Å². The van der Waals surface area contributed by atoms with E-state index in [1.807, 2.05) is 0 Å². The average Bonchev–Trinajstić information content (AvgIpc) is 2.92. The Balaban J connectivity index is 1.60. The molecule has 0 saturated carbocycles. The monoisotopic (exact) mass is 443 g/mol. The van der Waals surface area contributed by atoms with Crippen molar-refractivity contribution >= 4 is 45.2 Å². The van der Waals surface area contributed by atoms with E-state index in [2.05, 4.69) is 15.4 Å². The van der Waals surface area contributed by atoms with Crippen LogP contribution < -0.4 is 20.1 Å².